The van der Waals surface area contributed by atoms with Crippen LogP contribution >= 0.6 is 15.9 Å². The molecular formula is C10H10BrNO3. The molecule has 0 heterocycles. The number of methoxy groups -OCH3 is 1. The minimum Gasteiger partial charge on any atom is -0.465 e. The number of esters is 1. The Bertz CT molecular complexity index is 404. The first-order valence-electron chi connectivity index (χ1n) is 4.18. The van der Waals surface area contributed by atoms with Crippen molar-refractivity contribution in [3.05, 3.63) is 27.7 Å². The molecule has 0 aliphatic rings. The molecule has 0 aliphatic carbocycles. The molecule has 1 N–H and O–H groups in total. The first kappa shape index (κ1) is 11.7. The highest BCUT2D eigenvalue weighted by Gasteiger charge is 2.13. The van der Waals surface area contributed by atoms with E-state index in [0.29, 0.717) is 17.7 Å². The molecule has 0 radical (unpaired) electrons. The molecule has 1 aromatic carbocycles. The summed E-state index contributed by atoms with van der Waals surface area (Å²) in [5, 5.41) is 2.46. The van der Waals surface area contributed by atoms with E-state index in [1.54, 1.807) is 12.1 Å². The maximum Gasteiger partial charge on any atom is 0.340 e. The SMILES string of the molecule is COC(=O)c1cc(Br)c(C)cc1NC=O. The number of ether oxygens (including phenoxy) is 1. The molecule has 0 saturated carbocycles. The molecule has 0 atom stereocenters. The van der Waals surface area contributed by atoms with Gasteiger partial charge in [0.15, 0.2) is 0 Å². The van der Waals surface area contributed by atoms with Gasteiger partial charge in [-0.3, -0.25) is 4.79 Å². The van der Waals surface area contributed by atoms with Crippen LogP contribution in [0, 0.1) is 6.92 Å². The van der Waals surface area contributed by atoms with Crippen molar-refractivity contribution in [3.63, 3.8) is 0 Å². The predicted octanol–water partition coefficient (Wildman–Crippen LogP) is 2.11. The lowest BCUT2D eigenvalue weighted by Crippen LogP contribution is -2.07. The Balaban J connectivity index is 3.27. The monoisotopic (exact) mass is 271 g/mol. The Morgan fingerprint density at radius 3 is 2.73 bits per heavy atom. The molecule has 0 unspecified atom stereocenters. The zero-order chi connectivity index (χ0) is 11.4. The molecule has 0 aliphatic heterocycles. The van der Waals surface area contributed by atoms with Gasteiger partial charge in [0.25, 0.3) is 0 Å². The molecule has 4 nitrogen and oxygen atoms in total. The van der Waals surface area contributed by atoms with E-state index in [2.05, 4.69) is 26.0 Å². The van der Waals surface area contributed by atoms with Crippen molar-refractivity contribution in [2.24, 2.45) is 0 Å². The van der Waals surface area contributed by atoms with E-state index >= 15 is 0 Å². The highest BCUT2D eigenvalue weighted by atomic mass is 79.9. The van der Waals surface area contributed by atoms with E-state index < -0.39 is 5.97 Å². The summed E-state index contributed by atoms with van der Waals surface area (Å²) in [6, 6.07) is 3.32. The van der Waals surface area contributed by atoms with Crippen LogP contribution in [0.1, 0.15) is 15.9 Å². The molecule has 5 heteroatoms. The van der Waals surface area contributed by atoms with Crippen LogP contribution in [0.2, 0.25) is 0 Å². The molecule has 1 rings (SSSR count). The molecular weight excluding hydrogens is 262 g/mol. The van der Waals surface area contributed by atoms with Gasteiger partial charge in [-0.2, -0.15) is 0 Å². The number of aryl methyl sites for hydroxylation is 1. The van der Waals surface area contributed by atoms with Crippen LogP contribution in [0.25, 0.3) is 0 Å². The van der Waals surface area contributed by atoms with Crippen molar-refractivity contribution >= 4 is 34.0 Å². The fourth-order valence-electron chi connectivity index (χ4n) is 1.14. The maximum absolute atomic E-state index is 11.4. The van der Waals surface area contributed by atoms with Crippen LogP contribution in [-0.2, 0) is 9.53 Å². The van der Waals surface area contributed by atoms with Gasteiger partial charge in [-0.15, -0.1) is 0 Å². The molecule has 1 amide bonds. The second kappa shape index (κ2) is 4.93. The van der Waals surface area contributed by atoms with Gasteiger partial charge in [-0.25, -0.2) is 4.79 Å². The normalized spacial score (nSPS) is 9.53. The lowest BCUT2D eigenvalue weighted by atomic mass is 10.1. The van der Waals surface area contributed by atoms with E-state index in [1.807, 2.05) is 6.92 Å². The molecule has 0 fully saturated rings. The van der Waals surface area contributed by atoms with Crippen LogP contribution in [0.4, 0.5) is 5.69 Å². The Morgan fingerprint density at radius 2 is 2.20 bits per heavy atom. The predicted molar refractivity (Wildman–Crippen MR) is 59.9 cm³/mol. The average molecular weight is 272 g/mol. The Hall–Kier alpha value is -1.36. The number of amides is 1. The van der Waals surface area contributed by atoms with E-state index in [1.165, 1.54) is 7.11 Å². The second-order valence-corrected chi connectivity index (χ2v) is 3.76. The summed E-state index contributed by atoms with van der Waals surface area (Å²) in [5.41, 5.74) is 1.69. The number of carbonyl (C=O) groups is 2. The quantitative estimate of drug-likeness (QED) is 0.677. The van der Waals surface area contributed by atoms with Gasteiger partial charge in [0.1, 0.15) is 0 Å². The van der Waals surface area contributed by atoms with Crippen LogP contribution < -0.4 is 5.32 Å². The molecule has 15 heavy (non-hydrogen) atoms. The number of hydrogen-bond donors (Lipinski definition) is 1. The van der Waals surface area contributed by atoms with Gasteiger partial charge < -0.3 is 10.1 Å². The highest BCUT2D eigenvalue weighted by molar-refractivity contribution is 9.10. The van der Waals surface area contributed by atoms with E-state index in [0.717, 1.165) is 10.0 Å². The lowest BCUT2D eigenvalue weighted by molar-refractivity contribution is -0.105. The summed E-state index contributed by atoms with van der Waals surface area (Å²) in [7, 11) is 1.29. The lowest BCUT2D eigenvalue weighted by Gasteiger charge is -2.09. The Labute approximate surface area is 95.7 Å². The van der Waals surface area contributed by atoms with Gasteiger partial charge in [0, 0.05) is 4.47 Å². The standard InChI is InChI=1S/C10H10BrNO3/c1-6-3-9(12-5-13)7(4-8(6)11)10(14)15-2/h3-5H,1-2H3,(H,12,13). The number of nitrogens with one attached hydrogen (secondary N) is 1. The Kier molecular flexibility index (Phi) is 3.85. The molecule has 0 aromatic heterocycles. The summed E-state index contributed by atoms with van der Waals surface area (Å²) in [5.74, 6) is -0.486. The number of carbonyl (C=O) groups excluding carboxylic acids is 2. The van der Waals surface area contributed by atoms with Gasteiger partial charge in [-0.05, 0) is 24.6 Å². The molecule has 80 valence electrons. The molecule has 0 saturated heterocycles. The summed E-state index contributed by atoms with van der Waals surface area (Å²) >= 11 is 3.30. The third-order valence-electron chi connectivity index (χ3n) is 1.92. The minimum atomic E-state index is -0.486. The van der Waals surface area contributed by atoms with Crippen molar-refractivity contribution < 1.29 is 14.3 Å². The first-order chi connectivity index (χ1) is 7.10. The smallest absolute Gasteiger partial charge is 0.340 e. The summed E-state index contributed by atoms with van der Waals surface area (Å²) in [4.78, 5) is 21.7. The average Bonchev–Trinajstić information content (AvgIpc) is 2.22. The summed E-state index contributed by atoms with van der Waals surface area (Å²) < 4.78 is 5.39. The fraction of sp³-hybridized carbons (Fsp3) is 0.200. The minimum absolute atomic E-state index is 0.321. The zero-order valence-corrected chi connectivity index (χ0v) is 9.92. The zero-order valence-electron chi connectivity index (χ0n) is 8.33. The van der Waals surface area contributed by atoms with Gasteiger partial charge in [0.2, 0.25) is 6.41 Å². The van der Waals surface area contributed by atoms with Gasteiger partial charge in [-0.1, -0.05) is 15.9 Å². The first-order valence-corrected chi connectivity index (χ1v) is 4.98. The van der Waals surface area contributed by atoms with Crippen molar-refractivity contribution in [2.75, 3.05) is 12.4 Å². The van der Waals surface area contributed by atoms with Crippen molar-refractivity contribution in [2.45, 2.75) is 6.92 Å². The third kappa shape index (κ3) is 2.56. The van der Waals surface area contributed by atoms with Crippen molar-refractivity contribution in [1.29, 1.82) is 0 Å². The molecule has 1 aromatic rings. The molecule has 0 bridgehead atoms. The Morgan fingerprint density at radius 1 is 1.53 bits per heavy atom. The maximum atomic E-state index is 11.4. The van der Waals surface area contributed by atoms with Crippen molar-refractivity contribution in [3.8, 4) is 0 Å². The number of hydrogen-bond acceptors (Lipinski definition) is 3. The number of halogens is 1. The van der Waals surface area contributed by atoms with Gasteiger partial charge in [0.05, 0.1) is 18.4 Å². The van der Waals surface area contributed by atoms with E-state index in [9.17, 15) is 9.59 Å². The van der Waals surface area contributed by atoms with Crippen LogP contribution in [0.5, 0.6) is 0 Å². The fourth-order valence-corrected chi connectivity index (χ4v) is 1.49. The van der Waals surface area contributed by atoms with Gasteiger partial charge >= 0.3 is 5.97 Å². The third-order valence-corrected chi connectivity index (χ3v) is 2.77. The summed E-state index contributed by atoms with van der Waals surface area (Å²) in [6.07, 6.45) is 0.523. The number of rotatable bonds is 3. The summed E-state index contributed by atoms with van der Waals surface area (Å²) in [6.45, 7) is 1.86. The van der Waals surface area contributed by atoms with Crippen LogP contribution in [0.3, 0.4) is 0 Å². The second-order valence-electron chi connectivity index (χ2n) is 2.90. The highest BCUT2D eigenvalue weighted by Crippen LogP contribution is 2.25. The van der Waals surface area contributed by atoms with Crippen molar-refractivity contribution in [1.82, 2.24) is 0 Å². The van der Waals surface area contributed by atoms with E-state index in [-0.39, 0.29) is 0 Å². The number of benzene rings is 1. The topological polar surface area (TPSA) is 55.4 Å². The molecule has 0 spiro atoms. The van der Waals surface area contributed by atoms with Crippen LogP contribution in [-0.4, -0.2) is 19.5 Å². The van der Waals surface area contributed by atoms with E-state index in [4.69, 9.17) is 0 Å². The van der Waals surface area contributed by atoms with Crippen LogP contribution in [0.15, 0.2) is 16.6 Å². The number of anilines is 1. The largest absolute Gasteiger partial charge is 0.465 e.